The fraction of sp³-hybridized carbons (Fsp3) is 0.200. The second kappa shape index (κ2) is 5.80. The number of nitriles is 1. The third-order valence-electron chi connectivity index (χ3n) is 3.26. The first kappa shape index (κ1) is 14.0. The van der Waals surface area contributed by atoms with Gasteiger partial charge >= 0.3 is 0 Å². The molecule has 106 valence electrons. The molecule has 0 bridgehead atoms. The number of nitrogens with one attached hydrogen (secondary N) is 2. The van der Waals surface area contributed by atoms with Crippen molar-refractivity contribution in [3.63, 3.8) is 0 Å². The summed E-state index contributed by atoms with van der Waals surface area (Å²) < 4.78 is 3.33. The molecule has 1 aromatic carbocycles. The van der Waals surface area contributed by atoms with Crippen LogP contribution in [0.25, 0.3) is 10.9 Å². The molecule has 0 saturated carbocycles. The summed E-state index contributed by atoms with van der Waals surface area (Å²) in [6.45, 7) is 4.12. The van der Waals surface area contributed by atoms with E-state index in [2.05, 4.69) is 33.1 Å². The number of H-pyrrole nitrogens is 1. The first-order chi connectivity index (χ1) is 10.2. The van der Waals surface area contributed by atoms with Gasteiger partial charge in [-0.15, -0.1) is 11.3 Å². The molecule has 3 aromatic rings. The normalized spacial score (nSPS) is 10.7. The summed E-state index contributed by atoms with van der Waals surface area (Å²) >= 11 is 3.17. The van der Waals surface area contributed by atoms with Gasteiger partial charge in [-0.2, -0.15) is 5.26 Å². The fourth-order valence-electron chi connectivity index (χ4n) is 2.20. The van der Waals surface area contributed by atoms with E-state index in [1.807, 2.05) is 19.1 Å². The Balaban J connectivity index is 1.89. The summed E-state index contributed by atoms with van der Waals surface area (Å²) in [4.78, 5) is 7.70. The Morgan fingerprint density at radius 1 is 1.48 bits per heavy atom. The number of aromatic nitrogens is 2. The maximum absolute atomic E-state index is 9.17. The molecule has 0 unspecified atom stereocenters. The van der Waals surface area contributed by atoms with Crippen LogP contribution < -0.4 is 4.72 Å². The van der Waals surface area contributed by atoms with Crippen LogP contribution in [0.4, 0.5) is 5.69 Å². The molecule has 0 fully saturated rings. The average Bonchev–Trinajstić information content (AvgIpc) is 3.13. The number of aromatic amines is 1. The predicted octanol–water partition coefficient (Wildman–Crippen LogP) is 4.49. The van der Waals surface area contributed by atoms with E-state index in [1.54, 1.807) is 17.5 Å². The number of hydrogen-bond acceptors (Lipinski definition) is 5. The fourth-order valence-corrected chi connectivity index (χ4v) is 3.75. The zero-order chi connectivity index (χ0) is 14.8. The van der Waals surface area contributed by atoms with Crippen LogP contribution in [-0.2, 0) is 6.42 Å². The zero-order valence-corrected chi connectivity index (χ0v) is 13.4. The maximum atomic E-state index is 9.17. The Kier molecular flexibility index (Phi) is 3.86. The Labute approximate surface area is 131 Å². The second-order valence-electron chi connectivity index (χ2n) is 4.63. The highest BCUT2D eigenvalue weighted by molar-refractivity contribution is 8.00. The number of rotatable bonds is 4. The van der Waals surface area contributed by atoms with Crippen LogP contribution >= 0.6 is 23.3 Å². The van der Waals surface area contributed by atoms with Crippen molar-refractivity contribution in [3.05, 3.63) is 39.8 Å². The topological polar surface area (TPSA) is 64.5 Å². The van der Waals surface area contributed by atoms with E-state index in [0.717, 1.165) is 38.6 Å². The lowest BCUT2D eigenvalue weighted by Gasteiger charge is -2.07. The van der Waals surface area contributed by atoms with E-state index >= 15 is 0 Å². The number of anilines is 1. The van der Waals surface area contributed by atoms with Gasteiger partial charge in [-0.1, -0.05) is 13.0 Å². The summed E-state index contributed by atoms with van der Waals surface area (Å²) in [7, 11) is 0. The monoisotopic (exact) mass is 314 g/mol. The molecule has 3 rings (SSSR count). The van der Waals surface area contributed by atoms with Gasteiger partial charge < -0.3 is 9.71 Å². The van der Waals surface area contributed by atoms with Crippen LogP contribution in [-0.4, -0.2) is 9.97 Å². The molecule has 0 aliphatic heterocycles. The molecule has 2 N–H and O–H groups in total. The molecule has 2 heterocycles. The molecule has 0 atom stereocenters. The first-order valence-electron chi connectivity index (χ1n) is 6.61. The highest BCUT2D eigenvalue weighted by atomic mass is 32.2. The van der Waals surface area contributed by atoms with Crippen LogP contribution in [0.5, 0.6) is 0 Å². The Morgan fingerprint density at radius 2 is 2.33 bits per heavy atom. The van der Waals surface area contributed by atoms with E-state index < -0.39 is 0 Å². The van der Waals surface area contributed by atoms with Gasteiger partial charge in [0.25, 0.3) is 0 Å². The highest BCUT2D eigenvalue weighted by Gasteiger charge is 2.10. The van der Waals surface area contributed by atoms with Gasteiger partial charge in [-0.05, 0) is 25.0 Å². The van der Waals surface area contributed by atoms with Gasteiger partial charge in [0, 0.05) is 28.9 Å². The molecule has 6 heteroatoms. The summed E-state index contributed by atoms with van der Waals surface area (Å²) in [6, 6.07) is 6.28. The van der Waals surface area contributed by atoms with Crippen molar-refractivity contribution in [3.8, 4) is 6.07 Å². The van der Waals surface area contributed by atoms with E-state index in [-0.39, 0.29) is 0 Å². The number of nitrogens with zero attached hydrogens (tertiary/aromatic N) is 2. The van der Waals surface area contributed by atoms with Crippen LogP contribution in [0.2, 0.25) is 0 Å². The molecule has 2 aromatic heterocycles. The third-order valence-corrected chi connectivity index (χ3v) is 5.15. The quantitative estimate of drug-likeness (QED) is 0.697. The van der Waals surface area contributed by atoms with Crippen LogP contribution in [0.15, 0.2) is 28.7 Å². The van der Waals surface area contributed by atoms with Crippen molar-refractivity contribution in [1.82, 2.24) is 9.97 Å². The smallest absolute Gasteiger partial charge is 0.128 e. The van der Waals surface area contributed by atoms with Crippen LogP contribution in [0.3, 0.4) is 0 Å². The summed E-state index contributed by atoms with van der Waals surface area (Å²) in [5.74, 6) is 0. The molecule has 21 heavy (non-hydrogen) atoms. The standard InChI is InChI=1S/C15H14N4S2/c1-3-12-18-13(8-20-12)21-19-11-5-4-9(2)14-10(6-16)7-17-15(11)14/h4-5,7-8,17,19H,3H2,1-2H3. The van der Waals surface area contributed by atoms with Gasteiger partial charge in [0.1, 0.15) is 11.1 Å². The Hall–Kier alpha value is -1.97. The number of thiazole rings is 1. The lowest BCUT2D eigenvalue weighted by atomic mass is 10.1. The molecule has 0 radical (unpaired) electrons. The molecule has 0 aliphatic rings. The molecule has 0 aliphatic carbocycles. The largest absolute Gasteiger partial charge is 0.358 e. The Bertz CT molecular complexity index is 826. The molecule has 4 nitrogen and oxygen atoms in total. The molecule has 0 spiro atoms. The van der Waals surface area contributed by atoms with Crippen molar-refractivity contribution in [2.75, 3.05) is 4.72 Å². The predicted molar refractivity (Wildman–Crippen MR) is 88.7 cm³/mol. The zero-order valence-electron chi connectivity index (χ0n) is 11.7. The van der Waals surface area contributed by atoms with Crippen LogP contribution in [0.1, 0.15) is 23.1 Å². The average molecular weight is 314 g/mol. The maximum Gasteiger partial charge on any atom is 0.128 e. The first-order valence-corrected chi connectivity index (χ1v) is 8.30. The molecule has 0 saturated heterocycles. The Morgan fingerprint density at radius 3 is 3.05 bits per heavy atom. The van der Waals surface area contributed by atoms with Crippen molar-refractivity contribution >= 4 is 39.9 Å². The van der Waals surface area contributed by atoms with Crippen molar-refractivity contribution in [2.24, 2.45) is 0 Å². The lowest BCUT2D eigenvalue weighted by Crippen LogP contribution is -1.90. The van der Waals surface area contributed by atoms with E-state index in [1.165, 1.54) is 11.9 Å². The summed E-state index contributed by atoms with van der Waals surface area (Å²) in [5.41, 5.74) is 3.71. The van der Waals surface area contributed by atoms with Gasteiger partial charge in [0.2, 0.25) is 0 Å². The van der Waals surface area contributed by atoms with Gasteiger partial charge in [-0.3, -0.25) is 0 Å². The second-order valence-corrected chi connectivity index (χ2v) is 6.40. The van der Waals surface area contributed by atoms with E-state index in [4.69, 9.17) is 0 Å². The van der Waals surface area contributed by atoms with Gasteiger partial charge in [0.15, 0.2) is 0 Å². The molecular weight excluding hydrogens is 300 g/mol. The van der Waals surface area contributed by atoms with Gasteiger partial charge in [0.05, 0.1) is 21.8 Å². The minimum absolute atomic E-state index is 0.679. The SMILES string of the molecule is CCc1nc(SNc2ccc(C)c3c(C#N)c[nH]c23)cs1. The minimum atomic E-state index is 0.679. The minimum Gasteiger partial charge on any atom is -0.358 e. The van der Waals surface area contributed by atoms with E-state index in [0.29, 0.717) is 5.56 Å². The van der Waals surface area contributed by atoms with Crippen molar-refractivity contribution < 1.29 is 0 Å². The molecule has 0 amide bonds. The summed E-state index contributed by atoms with van der Waals surface area (Å²) in [5, 5.41) is 14.3. The van der Waals surface area contributed by atoms with Crippen molar-refractivity contribution in [2.45, 2.75) is 25.3 Å². The lowest BCUT2D eigenvalue weighted by molar-refractivity contribution is 1.04. The van der Waals surface area contributed by atoms with E-state index in [9.17, 15) is 5.26 Å². The number of benzene rings is 1. The third kappa shape index (κ3) is 2.62. The highest BCUT2D eigenvalue weighted by Crippen LogP contribution is 2.31. The van der Waals surface area contributed by atoms with Crippen molar-refractivity contribution in [1.29, 1.82) is 5.26 Å². The number of hydrogen-bond donors (Lipinski definition) is 2. The van der Waals surface area contributed by atoms with Crippen LogP contribution in [0, 0.1) is 18.3 Å². The number of fused-ring (bicyclic) bond motifs is 1. The molecular formula is C15H14N4S2. The number of aryl methyl sites for hydroxylation is 2. The van der Waals surface area contributed by atoms with Gasteiger partial charge in [-0.25, -0.2) is 4.98 Å². The summed E-state index contributed by atoms with van der Waals surface area (Å²) in [6.07, 6.45) is 2.72.